The number of rotatable bonds is 3. The minimum absolute atomic E-state index is 0.753. The van der Waals surface area contributed by atoms with Crippen LogP contribution in [0, 0.1) is 0 Å². The molecule has 2 nitrogen and oxygen atoms in total. The molecular formula is C13H16N2. The molecule has 2 aromatic rings. The van der Waals surface area contributed by atoms with Crippen LogP contribution in [-0.4, -0.2) is 4.57 Å². The van der Waals surface area contributed by atoms with Crippen molar-refractivity contribution in [2.24, 2.45) is 12.8 Å². The summed E-state index contributed by atoms with van der Waals surface area (Å²) in [6, 6.07) is 8.43. The molecular weight excluding hydrogens is 184 g/mol. The zero-order valence-electron chi connectivity index (χ0n) is 9.03. The number of para-hydroxylation sites is 1. The number of allylic oxidation sites excluding steroid dienone is 1. The van der Waals surface area contributed by atoms with Crippen LogP contribution in [0.15, 0.2) is 42.7 Å². The molecule has 0 aliphatic heterocycles. The second-order valence-electron chi connectivity index (χ2n) is 3.94. The number of hydrogen-bond acceptors (Lipinski definition) is 1. The molecule has 2 rings (SSSR count). The molecule has 0 fully saturated rings. The average Bonchev–Trinajstić information content (AvgIpc) is 2.54. The Hall–Kier alpha value is -1.70. The summed E-state index contributed by atoms with van der Waals surface area (Å²) in [6.07, 6.45) is 4.00. The average molecular weight is 200 g/mol. The number of hydrogen-bond donors (Lipinski definition) is 1. The Kier molecular flexibility index (Phi) is 2.50. The van der Waals surface area contributed by atoms with E-state index in [9.17, 15) is 0 Å². The van der Waals surface area contributed by atoms with Gasteiger partial charge in [0.25, 0.3) is 0 Å². The van der Waals surface area contributed by atoms with Crippen molar-refractivity contribution in [3.05, 3.63) is 48.3 Å². The highest BCUT2D eigenvalue weighted by atomic mass is 14.9. The summed E-state index contributed by atoms with van der Waals surface area (Å²) >= 11 is 0. The van der Waals surface area contributed by atoms with Gasteiger partial charge in [-0.3, -0.25) is 0 Å². The van der Waals surface area contributed by atoms with Crippen molar-refractivity contribution >= 4 is 10.9 Å². The number of benzene rings is 1. The summed E-state index contributed by atoms with van der Waals surface area (Å²) in [6.45, 7) is 3.73. The highest BCUT2D eigenvalue weighted by Crippen LogP contribution is 2.21. The maximum absolute atomic E-state index is 5.59. The molecule has 2 heteroatoms. The van der Waals surface area contributed by atoms with Crippen LogP contribution in [0.4, 0.5) is 0 Å². The van der Waals surface area contributed by atoms with Crippen LogP contribution in [0.25, 0.3) is 10.9 Å². The van der Waals surface area contributed by atoms with Gasteiger partial charge >= 0.3 is 0 Å². The topological polar surface area (TPSA) is 30.9 Å². The molecule has 1 aromatic carbocycles. The van der Waals surface area contributed by atoms with Crippen LogP contribution < -0.4 is 5.73 Å². The van der Waals surface area contributed by atoms with Crippen LogP contribution in [0.1, 0.15) is 12.0 Å². The predicted molar refractivity (Wildman–Crippen MR) is 64.6 cm³/mol. The van der Waals surface area contributed by atoms with E-state index >= 15 is 0 Å². The normalized spacial score (nSPS) is 10.7. The molecule has 0 aliphatic carbocycles. The number of aryl methyl sites for hydroxylation is 2. The van der Waals surface area contributed by atoms with Crippen LogP contribution in [0.2, 0.25) is 0 Å². The largest absolute Gasteiger partial charge is 0.403 e. The van der Waals surface area contributed by atoms with E-state index in [-0.39, 0.29) is 0 Å². The van der Waals surface area contributed by atoms with E-state index in [1.165, 1.54) is 16.5 Å². The molecule has 15 heavy (non-hydrogen) atoms. The quantitative estimate of drug-likeness (QED) is 0.811. The molecule has 0 saturated carbocycles. The van der Waals surface area contributed by atoms with E-state index in [2.05, 4.69) is 48.7 Å². The third-order valence-electron chi connectivity index (χ3n) is 2.69. The van der Waals surface area contributed by atoms with Gasteiger partial charge in [0.05, 0.1) is 0 Å². The van der Waals surface area contributed by atoms with E-state index < -0.39 is 0 Å². The predicted octanol–water partition coefficient (Wildman–Crippen LogP) is 2.58. The number of nitrogens with zero attached hydrogens (tertiary/aromatic N) is 1. The Bertz CT molecular complexity index is 494. The Labute approximate surface area is 90.0 Å². The van der Waals surface area contributed by atoms with E-state index in [1.54, 1.807) is 0 Å². The zero-order chi connectivity index (χ0) is 10.8. The second kappa shape index (κ2) is 3.81. The molecule has 0 saturated heterocycles. The monoisotopic (exact) mass is 200 g/mol. The molecule has 0 spiro atoms. The Morgan fingerprint density at radius 2 is 2.13 bits per heavy atom. The number of nitrogens with two attached hydrogens (primary N) is 1. The van der Waals surface area contributed by atoms with Crippen molar-refractivity contribution < 1.29 is 0 Å². The number of aromatic nitrogens is 1. The first kappa shape index (κ1) is 9.84. The lowest BCUT2D eigenvalue weighted by atomic mass is 10.1. The first-order chi connectivity index (χ1) is 7.18. The van der Waals surface area contributed by atoms with Gasteiger partial charge in [0.1, 0.15) is 0 Å². The first-order valence-corrected chi connectivity index (χ1v) is 5.14. The summed E-state index contributed by atoms with van der Waals surface area (Å²) < 4.78 is 2.16. The molecule has 0 aliphatic rings. The SMILES string of the molecule is C=C(N)CCc1cn(C)c2ccccc12. The highest BCUT2D eigenvalue weighted by Gasteiger charge is 2.04. The van der Waals surface area contributed by atoms with Gasteiger partial charge in [-0.1, -0.05) is 24.8 Å². The van der Waals surface area contributed by atoms with Crippen LogP contribution in [0.5, 0.6) is 0 Å². The molecule has 0 amide bonds. The van der Waals surface area contributed by atoms with Crippen molar-refractivity contribution in [1.82, 2.24) is 4.57 Å². The molecule has 1 aromatic heterocycles. The highest BCUT2D eigenvalue weighted by molar-refractivity contribution is 5.83. The summed E-state index contributed by atoms with van der Waals surface area (Å²) in [5, 5.41) is 1.32. The fourth-order valence-electron chi connectivity index (χ4n) is 1.92. The lowest BCUT2D eigenvalue weighted by molar-refractivity contribution is 0.910. The number of fused-ring (bicyclic) bond motifs is 1. The van der Waals surface area contributed by atoms with Crippen LogP contribution in [-0.2, 0) is 13.5 Å². The molecule has 0 atom stereocenters. The van der Waals surface area contributed by atoms with Gasteiger partial charge in [0.15, 0.2) is 0 Å². The van der Waals surface area contributed by atoms with E-state index in [0.29, 0.717) is 0 Å². The third-order valence-corrected chi connectivity index (χ3v) is 2.69. The molecule has 0 bridgehead atoms. The van der Waals surface area contributed by atoms with E-state index in [1.807, 2.05) is 0 Å². The first-order valence-electron chi connectivity index (χ1n) is 5.14. The minimum Gasteiger partial charge on any atom is -0.403 e. The summed E-state index contributed by atoms with van der Waals surface area (Å²) in [5.74, 6) is 0. The molecule has 0 radical (unpaired) electrons. The zero-order valence-corrected chi connectivity index (χ0v) is 9.03. The van der Waals surface area contributed by atoms with Crippen molar-refractivity contribution in [3.8, 4) is 0 Å². The summed E-state index contributed by atoms with van der Waals surface area (Å²) in [5.41, 5.74) is 8.96. The van der Waals surface area contributed by atoms with E-state index in [4.69, 9.17) is 5.73 Å². The van der Waals surface area contributed by atoms with Gasteiger partial charge in [-0.15, -0.1) is 0 Å². The molecule has 2 N–H and O–H groups in total. The smallest absolute Gasteiger partial charge is 0.0480 e. The fraction of sp³-hybridized carbons (Fsp3) is 0.231. The second-order valence-corrected chi connectivity index (χ2v) is 3.94. The lowest BCUT2D eigenvalue weighted by Crippen LogP contribution is -1.96. The van der Waals surface area contributed by atoms with Crippen molar-refractivity contribution in [3.63, 3.8) is 0 Å². The van der Waals surface area contributed by atoms with Gasteiger partial charge in [-0.05, 0) is 24.5 Å². The summed E-state index contributed by atoms with van der Waals surface area (Å²) in [7, 11) is 2.07. The molecule has 1 heterocycles. The van der Waals surface area contributed by atoms with Crippen molar-refractivity contribution in [2.45, 2.75) is 12.8 Å². The van der Waals surface area contributed by atoms with Crippen molar-refractivity contribution in [2.75, 3.05) is 0 Å². The van der Waals surface area contributed by atoms with Crippen molar-refractivity contribution in [1.29, 1.82) is 0 Å². The van der Waals surface area contributed by atoms with Crippen LogP contribution in [0.3, 0.4) is 0 Å². The molecule has 0 unspecified atom stereocenters. The fourth-order valence-corrected chi connectivity index (χ4v) is 1.92. The summed E-state index contributed by atoms with van der Waals surface area (Å²) in [4.78, 5) is 0. The lowest BCUT2D eigenvalue weighted by Gasteiger charge is -1.98. The van der Waals surface area contributed by atoms with Gasteiger partial charge in [-0.25, -0.2) is 0 Å². The van der Waals surface area contributed by atoms with Crippen LogP contribution >= 0.6 is 0 Å². The maximum atomic E-state index is 5.59. The van der Waals surface area contributed by atoms with Gasteiger partial charge in [-0.2, -0.15) is 0 Å². The Balaban J connectivity index is 2.39. The molecule has 78 valence electrons. The van der Waals surface area contributed by atoms with Gasteiger partial charge in [0.2, 0.25) is 0 Å². The standard InChI is InChI=1S/C13H16N2/c1-10(14)7-8-11-9-15(2)13-6-4-3-5-12(11)13/h3-6,9H,1,7-8,14H2,2H3. The van der Waals surface area contributed by atoms with Gasteiger partial charge in [0, 0.05) is 29.8 Å². The Morgan fingerprint density at radius 3 is 2.87 bits per heavy atom. The minimum atomic E-state index is 0.753. The van der Waals surface area contributed by atoms with E-state index in [0.717, 1.165) is 18.5 Å². The third kappa shape index (κ3) is 1.89. The van der Waals surface area contributed by atoms with Gasteiger partial charge < -0.3 is 10.3 Å². The Morgan fingerprint density at radius 1 is 1.40 bits per heavy atom. The maximum Gasteiger partial charge on any atom is 0.0480 e.